The fourth-order valence-corrected chi connectivity index (χ4v) is 3.00. The van der Waals surface area contributed by atoms with Gasteiger partial charge in [0, 0.05) is 12.6 Å². The van der Waals surface area contributed by atoms with Gasteiger partial charge in [-0.15, -0.1) is 0 Å². The Bertz CT molecular complexity index is 858. The van der Waals surface area contributed by atoms with E-state index in [1.54, 1.807) is 0 Å². The summed E-state index contributed by atoms with van der Waals surface area (Å²) < 4.78 is 4.88. The number of aromatic nitrogens is 2. The monoisotopic (exact) mass is 337 g/mol. The molecule has 1 N–H and O–H groups in total. The lowest BCUT2D eigenvalue weighted by molar-refractivity contribution is -0.142. The van der Waals surface area contributed by atoms with Crippen LogP contribution in [0.5, 0.6) is 0 Å². The Morgan fingerprint density at radius 3 is 2.72 bits per heavy atom. The van der Waals surface area contributed by atoms with E-state index in [-0.39, 0.29) is 18.6 Å². The van der Waals surface area contributed by atoms with Crippen molar-refractivity contribution in [3.63, 3.8) is 0 Å². The first-order valence-corrected chi connectivity index (χ1v) is 8.38. The van der Waals surface area contributed by atoms with Gasteiger partial charge in [0.05, 0.1) is 24.7 Å². The van der Waals surface area contributed by atoms with Crippen molar-refractivity contribution in [1.29, 1.82) is 0 Å². The summed E-state index contributed by atoms with van der Waals surface area (Å²) in [5, 5.41) is 0. The number of benzene rings is 2. The summed E-state index contributed by atoms with van der Waals surface area (Å²) in [5.74, 6) is 0.664. The highest BCUT2D eigenvalue weighted by atomic mass is 16.5. The zero-order valence-corrected chi connectivity index (χ0v) is 14.8. The van der Waals surface area contributed by atoms with Gasteiger partial charge in [0.15, 0.2) is 0 Å². The number of imidazole rings is 1. The number of carbonyl (C=O) groups is 1. The number of fused-ring (bicyclic) bond motifs is 1. The number of hydrogen-bond donors (Lipinski definition) is 1. The average Bonchev–Trinajstić information content (AvgIpc) is 3.00. The first-order valence-electron chi connectivity index (χ1n) is 8.38. The van der Waals surface area contributed by atoms with Gasteiger partial charge in [0.1, 0.15) is 5.82 Å². The molecule has 0 spiro atoms. The minimum atomic E-state index is -0.235. The lowest BCUT2D eigenvalue weighted by atomic mass is 10.0. The summed E-state index contributed by atoms with van der Waals surface area (Å²) in [4.78, 5) is 21.7. The molecule has 1 unspecified atom stereocenters. The van der Waals surface area contributed by atoms with Crippen LogP contribution < -0.4 is 0 Å². The maximum Gasteiger partial charge on any atom is 0.319 e. The number of nitrogens with one attached hydrogen (secondary N) is 1. The number of H-pyrrole nitrogens is 1. The second-order valence-electron chi connectivity index (χ2n) is 6.24. The van der Waals surface area contributed by atoms with E-state index in [2.05, 4.69) is 46.1 Å². The highest BCUT2D eigenvalue weighted by Crippen LogP contribution is 2.25. The van der Waals surface area contributed by atoms with Gasteiger partial charge in [-0.05, 0) is 37.1 Å². The number of hydrogen-bond acceptors (Lipinski definition) is 4. The molecule has 0 saturated carbocycles. The van der Waals surface area contributed by atoms with Gasteiger partial charge in [-0.1, -0.05) is 36.4 Å². The van der Waals surface area contributed by atoms with Gasteiger partial charge in [-0.25, -0.2) is 4.98 Å². The fourth-order valence-electron chi connectivity index (χ4n) is 3.00. The third kappa shape index (κ3) is 4.06. The molecule has 2 aromatic carbocycles. The quantitative estimate of drug-likeness (QED) is 0.698. The van der Waals surface area contributed by atoms with Crippen LogP contribution in [0.2, 0.25) is 0 Å². The summed E-state index contributed by atoms with van der Waals surface area (Å²) in [5.41, 5.74) is 4.27. The molecule has 3 rings (SSSR count). The van der Waals surface area contributed by atoms with Crippen molar-refractivity contribution in [3.05, 3.63) is 65.5 Å². The summed E-state index contributed by atoms with van der Waals surface area (Å²) in [6, 6.07) is 16.4. The van der Waals surface area contributed by atoms with E-state index < -0.39 is 0 Å². The minimum Gasteiger partial charge on any atom is -0.468 e. The third-order valence-electron chi connectivity index (χ3n) is 4.44. The van der Waals surface area contributed by atoms with Gasteiger partial charge >= 0.3 is 5.97 Å². The molecule has 1 aromatic heterocycles. The molecule has 5 heteroatoms. The van der Waals surface area contributed by atoms with Crippen LogP contribution in [0.3, 0.4) is 0 Å². The largest absolute Gasteiger partial charge is 0.468 e. The first-order chi connectivity index (χ1) is 12.1. The van der Waals surface area contributed by atoms with E-state index in [9.17, 15) is 4.79 Å². The highest BCUT2D eigenvalue weighted by molar-refractivity contribution is 5.76. The van der Waals surface area contributed by atoms with Crippen molar-refractivity contribution in [1.82, 2.24) is 14.9 Å². The molecule has 0 radical (unpaired) electrons. The Kier molecular flexibility index (Phi) is 5.14. The van der Waals surface area contributed by atoms with Crippen molar-refractivity contribution < 1.29 is 9.53 Å². The number of aromatic amines is 1. The van der Waals surface area contributed by atoms with Crippen LogP contribution >= 0.6 is 0 Å². The molecule has 0 bridgehead atoms. The zero-order chi connectivity index (χ0) is 17.8. The SMILES string of the molecule is COC(=O)CN(Cc1ccccc1)C(C)c1ccc2nc(C)[nH]c2c1. The number of esters is 1. The molecule has 130 valence electrons. The van der Waals surface area contributed by atoms with Crippen LogP contribution in [0.15, 0.2) is 48.5 Å². The van der Waals surface area contributed by atoms with E-state index in [1.807, 2.05) is 31.2 Å². The van der Waals surface area contributed by atoms with Gasteiger partial charge in [0.2, 0.25) is 0 Å². The van der Waals surface area contributed by atoms with Crippen LogP contribution in [0.4, 0.5) is 0 Å². The lowest BCUT2D eigenvalue weighted by Crippen LogP contribution is -2.32. The number of methoxy groups -OCH3 is 1. The number of rotatable bonds is 6. The molecule has 5 nitrogen and oxygen atoms in total. The van der Waals surface area contributed by atoms with Crippen molar-refractivity contribution in [2.24, 2.45) is 0 Å². The summed E-state index contributed by atoms with van der Waals surface area (Å²) in [6.45, 7) is 4.97. The number of ether oxygens (including phenoxy) is 1. The first kappa shape index (κ1) is 17.2. The molecular weight excluding hydrogens is 314 g/mol. The van der Waals surface area contributed by atoms with Crippen LogP contribution in [-0.4, -0.2) is 34.5 Å². The predicted molar refractivity (Wildman–Crippen MR) is 98.1 cm³/mol. The van der Waals surface area contributed by atoms with Crippen molar-refractivity contribution in [2.75, 3.05) is 13.7 Å². The molecular formula is C20H23N3O2. The molecule has 0 saturated heterocycles. The Hall–Kier alpha value is -2.66. The van der Waals surface area contributed by atoms with Gasteiger partial charge in [-0.3, -0.25) is 9.69 Å². The van der Waals surface area contributed by atoms with Crippen LogP contribution in [0.1, 0.15) is 29.9 Å². The standard InChI is InChI=1S/C20H23N3O2/c1-14(17-9-10-18-19(11-17)22-15(2)21-18)23(13-20(24)25-3)12-16-7-5-4-6-8-16/h4-11,14H,12-13H2,1-3H3,(H,21,22). The van der Waals surface area contributed by atoms with Gasteiger partial charge < -0.3 is 9.72 Å². The minimum absolute atomic E-state index is 0.0623. The Morgan fingerprint density at radius 1 is 1.24 bits per heavy atom. The maximum absolute atomic E-state index is 11.9. The normalized spacial score (nSPS) is 12.5. The van der Waals surface area contributed by atoms with E-state index in [1.165, 1.54) is 7.11 Å². The third-order valence-corrected chi connectivity index (χ3v) is 4.44. The van der Waals surface area contributed by atoms with Crippen LogP contribution in [0, 0.1) is 6.92 Å². The summed E-state index contributed by atoms with van der Waals surface area (Å²) in [7, 11) is 1.42. The fraction of sp³-hybridized carbons (Fsp3) is 0.300. The van der Waals surface area contributed by atoms with Crippen molar-refractivity contribution in [3.8, 4) is 0 Å². The molecule has 0 aliphatic carbocycles. The van der Waals surface area contributed by atoms with Gasteiger partial charge in [0.25, 0.3) is 0 Å². The van der Waals surface area contributed by atoms with Gasteiger partial charge in [-0.2, -0.15) is 0 Å². The van der Waals surface area contributed by atoms with E-state index in [0.717, 1.165) is 28.0 Å². The Morgan fingerprint density at radius 2 is 2.00 bits per heavy atom. The smallest absolute Gasteiger partial charge is 0.319 e. The topological polar surface area (TPSA) is 58.2 Å². The van der Waals surface area contributed by atoms with E-state index >= 15 is 0 Å². The number of carbonyl (C=O) groups excluding carboxylic acids is 1. The average molecular weight is 337 g/mol. The Labute approximate surface area is 147 Å². The van der Waals surface area contributed by atoms with Crippen LogP contribution in [-0.2, 0) is 16.1 Å². The van der Waals surface area contributed by atoms with Crippen molar-refractivity contribution in [2.45, 2.75) is 26.4 Å². The zero-order valence-electron chi connectivity index (χ0n) is 14.8. The van der Waals surface area contributed by atoms with E-state index in [0.29, 0.717) is 6.54 Å². The molecule has 1 atom stereocenters. The molecule has 1 heterocycles. The second kappa shape index (κ2) is 7.49. The molecule has 0 aliphatic heterocycles. The van der Waals surface area contributed by atoms with Crippen molar-refractivity contribution >= 4 is 17.0 Å². The molecule has 0 fully saturated rings. The van der Waals surface area contributed by atoms with E-state index in [4.69, 9.17) is 4.74 Å². The molecule has 0 amide bonds. The highest BCUT2D eigenvalue weighted by Gasteiger charge is 2.20. The molecule has 25 heavy (non-hydrogen) atoms. The number of aryl methyl sites for hydroxylation is 1. The second-order valence-corrected chi connectivity index (χ2v) is 6.24. The molecule has 0 aliphatic rings. The summed E-state index contributed by atoms with van der Waals surface area (Å²) >= 11 is 0. The summed E-state index contributed by atoms with van der Waals surface area (Å²) in [6.07, 6.45) is 0. The molecule has 3 aromatic rings. The predicted octanol–water partition coefficient (Wildman–Crippen LogP) is 3.61. The van der Waals surface area contributed by atoms with Crippen LogP contribution in [0.25, 0.3) is 11.0 Å². The Balaban J connectivity index is 1.87. The maximum atomic E-state index is 11.9. The lowest BCUT2D eigenvalue weighted by Gasteiger charge is -2.28. The number of nitrogens with zero attached hydrogens (tertiary/aromatic N) is 2.